The predicted octanol–water partition coefficient (Wildman–Crippen LogP) is 5.49. The number of halogens is 3. The van der Waals surface area contributed by atoms with Crippen LogP contribution >= 0.6 is 0 Å². The van der Waals surface area contributed by atoms with Gasteiger partial charge in [-0.2, -0.15) is 13.2 Å². The summed E-state index contributed by atoms with van der Waals surface area (Å²) in [6, 6.07) is 13.0. The van der Waals surface area contributed by atoms with Crippen LogP contribution in [0.4, 0.5) is 18.9 Å². The van der Waals surface area contributed by atoms with E-state index in [-0.39, 0.29) is 5.69 Å². The van der Waals surface area contributed by atoms with Crippen molar-refractivity contribution in [2.45, 2.75) is 25.9 Å². The fourth-order valence-corrected chi connectivity index (χ4v) is 4.80. The van der Waals surface area contributed by atoms with Crippen LogP contribution in [0.3, 0.4) is 0 Å². The molecule has 0 unspecified atom stereocenters. The van der Waals surface area contributed by atoms with Gasteiger partial charge in [0.25, 0.3) is 0 Å². The van der Waals surface area contributed by atoms with Gasteiger partial charge in [-0.3, -0.25) is 14.6 Å². The summed E-state index contributed by atoms with van der Waals surface area (Å²) in [4.78, 5) is 6.78. The van der Waals surface area contributed by atoms with Crippen molar-refractivity contribution in [3.8, 4) is 5.75 Å². The molecule has 0 aliphatic carbocycles. The highest BCUT2D eigenvalue weighted by atomic mass is 32.2. The summed E-state index contributed by atoms with van der Waals surface area (Å²) in [6.07, 6.45) is -0.527. The zero-order valence-corrected chi connectivity index (χ0v) is 20.9. The van der Waals surface area contributed by atoms with Gasteiger partial charge in [0.15, 0.2) is 0 Å². The fraction of sp³-hybridized carbons (Fsp3) is 0.346. The van der Waals surface area contributed by atoms with E-state index in [0.29, 0.717) is 25.0 Å². The van der Waals surface area contributed by atoms with Gasteiger partial charge < -0.3 is 4.74 Å². The lowest BCUT2D eigenvalue weighted by atomic mass is 9.99. The maximum atomic E-state index is 13.3. The molecule has 1 aromatic heterocycles. The summed E-state index contributed by atoms with van der Waals surface area (Å²) in [5, 5.41) is 0.970. The maximum absolute atomic E-state index is 13.3. The highest BCUT2D eigenvalue weighted by molar-refractivity contribution is 7.92. The molecule has 192 valence electrons. The number of aryl methyl sites for hydroxylation is 1. The Morgan fingerprint density at radius 2 is 1.86 bits per heavy atom. The lowest BCUT2D eigenvalue weighted by Gasteiger charge is -2.28. The zero-order chi connectivity index (χ0) is 25.9. The topological polar surface area (TPSA) is 71.5 Å². The SMILES string of the molecule is Cc1ccc2c(OCCN3CCC(=Cc4cc(NS(C)(=O)=O)cc(C(F)(F)F)c4)CC3)cccc2n1. The molecule has 3 aromatic rings. The standard InChI is InChI=1S/C26H28F3N3O3S/c1-18-6-7-23-24(30-18)4-3-5-25(23)35-13-12-32-10-8-19(9-11-32)14-20-15-21(26(27,28)29)17-22(16-20)31-36(2,33)34/h3-7,14-17,31H,8-13H2,1-2H3. The van der Waals surface area contributed by atoms with Crippen molar-refractivity contribution in [1.29, 1.82) is 0 Å². The van der Waals surface area contributed by atoms with E-state index >= 15 is 0 Å². The highest BCUT2D eigenvalue weighted by Gasteiger charge is 2.31. The molecule has 10 heteroatoms. The monoisotopic (exact) mass is 519 g/mol. The number of anilines is 1. The number of hydrogen-bond donors (Lipinski definition) is 1. The summed E-state index contributed by atoms with van der Waals surface area (Å²) < 4.78 is 71.2. The minimum atomic E-state index is -4.58. The van der Waals surface area contributed by atoms with Crippen LogP contribution in [0, 0.1) is 6.92 Å². The van der Waals surface area contributed by atoms with E-state index in [1.54, 1.807) is 6.08 Å². The van der Waals surface area contributed by atoms with Gasteiger partial charge in [0.05, 0.1) is 17.3 Å². The normalized spacial score (nSPS) is 15.2. The minimum absolute atomic E-state index is 0.104. The summed E-state index contributed by atoms with van der Waals surface area (Å²) in [5.41, 5.74) is 2.19. The number of rotatable bonds is 7. The number of nitrogens with one attached hydrogen (secondary N) is 1. The highest BCUT2D eigenvalue weighted by Crippen LogP contribution is 2.33. The number of aromatic nitrogens is 1. The summed E-state index contributed by atoms with van der Waals surface area (Å²) in [7, 11) is -3.70. The molecule has 2 aromatic carbocycles. The molecule has 36 heavy (non-hydrogen) atoms. The molecule has 0 bridgehead atoms. The van der Waals surface area contributed by atoms with Crippen LogP contribution in [0.25, 0.3) is 17.0 Å². The van der Waals surface area contributed by atoms with Gasteiger partial charge in [0.1, 0.15) is 12.4 Å². The molecule has 6 nitrogen and oxygen atoms in total. The Balaban J connectivity index is 1.37. The van der Waals surface area contributed by atoms with Crippen LogP contribution in [0.1, 0.15) is 29.7 Å². The molecule has 1 N–H and O–H groups in total. The number of pyridine rings is 1. The van der Waals surface area contributed by atoms with E-state index in [2.05, 4.69) is 14.6 Å². The van der Waals surface area contributed by atoms with Crippen molar-refractivity contribution < 1.29 is 26.3 Å². The van der Waals surface area contributed by atoms with Crippen LogP contribution in [-0.2, 0) is 16.2 Å². The first-order valence-corrected chi connectivity index (χ1v) is 13.5. The van der Waals surface area contributed by atoms with E-state index in [1.807, 2.05) is 37.3 Å². The van der Waals surface area contributed by atoms with Crippen molar-refractivity contribution in [2.24, 2.45) is 0 Å². The first-order chi connectivity index (χ1) is 17.0. The number of benzene rings is 2. The summed E-state index contributed by atoms with van der Waals surface area (Å²) in [6.45, 7) is 4.72. The molecule has 4 rings (SSSR count). The lowest BCUT2D eigenvalue weighted by Crippen LogP contribution is -2.34. The smallest absolute Gasteiger partial charge is 0.416 e. The fourth-order valence-electron chi connectivity index (χ4n) is 4.25. The van der Waals surface area contributed by atoms with Crippen LogP contribution in [0.5, 0.6) is 5.75 Å². The quantitative estimate of drug-likeness (QED) is 0.447. The molecular weight excluding hydrogens is 491 g/mol. The van der Waals surface area contributed by atoms with Gasteiger partial charge >= 0.3 is 6.18 Å². The van der Waals surface area contributed by atoms with Gasteiger partial charge in [0.2, 0.25) is 10.0 Å². The van der Waals surface area contributed by atoms with Crippen molar-refractivity contribution >= 4 is 32.7 Å². The lowest BCUT2D eigenvalue weighted by molar-refractivity contribution is -0.137. The van der Waals surface area contributed by atoms with E-state index < -0.39 is 21.8 Å². The van der Waals surface area contributed by atoms with Crippen molar-refractivity contribution in [3.63, 3.8) is 0 Å². The third kappa shape index (κ3) is 6.98. The van der Waals surface area contributed by atoms with Crippen LogP contribution in [0.15, 0.2) is 54.1 Å². The number of piperidine rings is 1. The van der Waals surface area contributed by atoms with Gasteiger partial charge in [-0.15, -0.1) is 0 Å². The Morgan fingerprint density at radius 3 is 2.56 bits per heavy atom. The summed E-state index contributed by atoms with van der Waals surface area (Å²) in [5.74, 6) is 0.792. The molecule has 1 saturated heterocycles. The third-order valence-electron chi connectivity index (χ3n) is 5.95. The molecule has 1 aliphatic heterocycles. The number of ether oxygens (including phenoxy) is 1. The Kier molecular flexibility index (Phi) is 7.56. The van der Waals surface area contributed by atoms with Crippen LogP contribution in [-0.4, -0.2) is 50.8 Å². The molecule has 0 atom stereocenters. The van der Waals surface area contributed by atoms with E-state index in [4.69, 9.17) is 4.74 Å². The molecule has 0 saturated carbocycles. The molecule has 1 aliphatic rings. The number of hydrogen-bond acceptors (Lipinski definition) is 5. The first kappa shape index (κ1) is 26.0. The number of nitrogens with zero attached hydrogens (tertiary/aromatic N) is 2. The Morgan fingerprint density at radius 1 is 1.11 bits per heavy atom. The first-order valence-electron chi connectivity index (χ1n) is 11.6. The van der Waals surface area contributed by atoms with Gasteiger partial charge in [-0.05, 0) is 67.8 Å². The number of likely N-dealkylation sites (tertiary alicyclic amines) is 1. The average molecular weight is 520 g/mol. The minimum Gasteiger partial charge on any atom is -0.492 e. The predicted molar refractivity (Wildman–Crippen MR) is 136 cm³/mol. The van der Waals surface area contributed by atoms with Crippen molar-refractivity contribution in [1.82, 2.24) is 9.88 Å². The maximum Gasteiger partial charge on any atom is 0.416 e. The van der Waals surface area contributed by atoms with Gasteiger partial charge in [-0.1, -0.05) is 17.7 Å². The number of sulfonamides is 1. The molecule has 1 fully saturated rings. The second kappa shape index (κ2) is 10.5. The molecule has 0 amide bonds. The largest absolute Gasteiger partial charge is 0.492 e. The van der Waals surface area contributed by atoms with Crippen molar-refractivity contribution in [2.75, 3.05) is 37.2 Å². The molecule has 0 spiro atoms. The Hall–Kier alpha value is -3.11. The average Bonchev–Trinajstić information content (AvgIpc) is 2.78. The zero-order valence-electron chi connectivity index (χ0n) is 20.1. The number of alkyl halides is 3. The molecule has 2 heterocycles. The van der Waals surface area contributed by atoms with Gasteiger partial charge in [-0.25, -0.2) is 8.42 Å². The second-order valence-electron chi connectivity index (χ2n) is 8.98. The van der Waals surface area contributed by atoms with Gasteiger partial charge in [0, 0.05) is 36.4 Å². The molecule has 0 radical (unpaired) electrons. The van der Waals surface area contributed by atoms with Crippen LogP contribution in [0.2, 0.25) is 0 Å². The van der Waals surface area contributed by atoms with Crippen molar-refractivity contribution in [3.05, 3.63) is 70.9 Å². The van der Waals surface area contributed by atoms with Crippen LogP contribution < -0.4 is 9.46 Å². The Labute approximate surface area is 208 Å². The van der Waals surface area contributed by atoms with E-state index in [0.717, 1.165) is 65.9 Å². The third-order valence-corrected chi connectivity index (χ3v) is 6.56. The Bertz CT molecular complexity index is 1380. The van der Waals surface area contributed by atoms with E-state index in [9.17, 15) is 21.6 Å². The molecular formula is C26H28F3N3O3S. The second-order valence-corrected chi connectivity index (χ2v) is 10.7. The summed E-state index contributed by atoms with van der Waals surface area (Å²) >= 11 is 0. The van der Waals surface area contributed by atoms with E-state index in [1.165, 1.54) is 6.07 Å². The number of fused-ring (bicyclic) bond motifs is 1.